The Morgan fingerprint density at radius 2 is 1.97 bits per heavy atom. The van der Waals surface area contributed by atoms with E-state index in [4.69, 9.17) is 0 Å². The number of carbonyl (C=O) groups excluding carboxylic acids is 1. The molecule has 2 amide bonds. The summed E-state index contributed by atoms with van der Waals surface area (Å²) in [5.74, 6) is 0.862. The van der Waals surface area contributed by atoms with Crippen LogP contribution in [0.4, 0.5) is 35.3 Å². The molecule has 4 heterocycles. The van der Waals surface area contributed by atoms with Crippen molar-refractivity contribution in [1.29, 1.82) is 0 Å². The zero-order chi connectivity index (χ0) is 21.6. The van der Waals surface area contributed by atoms with Gasteiger partial charge in [-0.1, -0.05) is 18.2 Å². The predicted octanol–water partition coefficient (Wildman–Crippen LogP) is 4.79. The summed E-state index contributed by atoms with van der Waals surface area (Å²) in [6, 6.07) is 13.3. The summed E-state index contributed by atoms with van der Waals surface area (Å²) in [5.41, 5.74) is 0.775. The molecular formula is C22H18F3N5O. The van der Waals surface area contributed by atoms with Crippen LogP contribution in [-0.4, -0.2) is 35.1 Å². The first-order chi connectivity index (χ1) is 14.9. The second-order valence-electron chi connectivity index (χ2n) is 7.52. The van der Waals surface area contributed by atoms with Crippen molar-refractivity contribution >= 4 is 23.4 Å². The van der Waals surface area contributed by atoms with Crippen LogP contribution < -0.4 is 15.1 Å². The Morgan fingerprint density at radius 3 is 2.74 bits per heavy atom. The van der Waals surface area contributed by atoms with Gasteiger partial charge in [0.05, 0.1) is 23.0 Å². The van der Waals surface area contributed by atoms with Crippen LogP contribution in [0, 0.1) is 0 Å². The van der Waals surface area contributed by atoms with Crippen LogP contribution in [0.2, 0.25) is 0 Å². The van der Waals surface area contributed by atoms with Crippen LogP contribution in [-0.2, 0) is 6.18 Å². The summed E-state index contributed by atoms with van der Waals surface area (Å²) in [5, 5.41) is 2.79. The summed E-state index contributed by atoms with van der Waals surface area (Å²) in [7, 11) is 0. The van der Waals surface area contributed by atoms with E-state index in [-0.39, 0.29) is 12.1 Å². The number of anilines is 3. The van der Waals surface area contributed by atoms with Crippen LogP contribution in [0.3, 0.4) is 0 Å². The number of halogens is 3. The average molecular weight is 425 g/mol. The maximum Gasteiger partial charge on any atom is 0.416 e. The van der Waals surface area contributed by atoms with E-state index in [2.05, 4.69) is 20.2 Å². The molecule has 1 saturated heterocycles. The van der Waals surface area contributed by atoms with Gasteiger partial charge >= 0.3 is 12.2 Å². The van der Waals surface area contributed by atoms with Crippen molar-refractivity contribution in [2.45, 2.75) is 18.6 Å². The van der Waals surface area contributed by atoms with Crippen molar-refractivity contribution in [2.75, 3.05) is 28.2 Å². The fraction of sp³-hybridized carbons (Fsp3) is 0.227. The molecule has 1 N–H and O–H groups in total. The largest absolute Gasteiger partial charge is 0.416 e. The van der Waals surface area contributed by atoms with Gasteiger partial charge in [0.2, 0.25) is 0 Å². The first-order valence-corrected chi connectivity index (χ1v) is 9.85. The van der Waals surface area contributed by atoms with Crippen molar-refractivity contribution in [3.05, 3.63) is 66.4 Å². The number of fused-ring (bicyclic) bond motifs is 4. The lowest BCUT2D eigenvalue weighted by atomic mass is 10.1. The summed E-state index contributed by atoms with van der Waals surface area (Å²) in [6.45, 7) is 1.48. The van der Waals surface area contributed by atoms with E-state index in [0.29, 0.717) is 29.4 Å². The number of rotatable bonds is 2. The number of urea groups is 1. The molecule has 2 bridgehead atoms. The molecular weight excluding hydrogens is 407 g/mol. The predicted molar refractivity (Wildman–Crippen MR) is 111 cm³/mol. The minimum absolute atomic E-state index is 0.0690. The number of nitrogens with one attached hydrogen (secondary N) is 1. The second kappa shape index (κ2) is 7.26. The molecule has 2 aliphatic rings. The summed E-state index contributed by atoms with van der Waals surface area (Å²) < 4.78 is 39.4. The van der Waals surface area contributed by atoms with E-state index in [9.17, 15) is 18.0 Å². The fourth-order valence-electron chi connectivity index (χ4n) is 4.09. The third kappa shape index (κ3) is 3.56. The Bertz CT molecular complexity index is 1140. The highest BCUT2D eigenvalue weighted by Gasteiger charge is 2.40. The number of amides is 2. The van der Waals surface area contributed by atoms with E-state index in [1.807, 2.05) is 6.07 Å². The molecule has 2 aliphatic heterocycles. The molecule has 5 rings (SSSR count). The van der Waals surface area contributed by atoms with Crippen molar-refractivity contribution in [1.82, 2.24) is 9.97 Å². The minimum atomic E-state index is -4.44. The van der Waals surface area contributed by atoms with Gasteiger partial charge in [0.25, 0.3) is 0 Å². The van der Waals surface area contributed by atoms with Gasteiger partial charge in [-0.25, -0.2) is 14.8 Å². The summed E-state index contributed by atoms with van der Waals surface area (Å²) in [6.07, 6.45) is -2.07. The average Bonchev–Trinajstić information content (AvgIpc) is 3.18. The monoisotopic (exact) mass is 425 g/mol. The number of nitrogens with zero attached hydrogens (tertiary/aromatic N) is 4. The zero-order valence-corrected chi connectivity index (χ0v) is 16.3. The number of hydrogen-bond acceptors (Lipinski definition) is 4. The standard InChI is InChI=1S/C22H18F3N5O/c23-22(24,25)15-5-3-4-14(12-15)17-7-8-18-20(27-17)30(16-9-11-29(18)13-16)21(31)28-19-6-1-2-10-26-19/h1-8,10,12,16H,9,11,13H2,(H,26,28,31)/t16-/m1/s1. The molecule has 9 heteroatoms. The Hall–Kier alpha value is -3.62. The molecule has 6 nitrogen and oxygen atoms in total. The Balaban J connectivity index is 1.54. The highest BCUT2D eigenvalue weighted by Crippen LogP contribution is 2.41. The van der Waals surface area contributed by atoms with Crippen molar-refractivity contribution in [3.8, 4) is 11.3 Å². The van der Waals surface area contributed by atoms with E-state index < -0.39 is 11.7 Å². The van der Waals surface area contributed by atoms with E-state index >= 15 is 0 Å². The van der Waals surface area contributed by atoms with Gasteiger partial charge in [0, 0.05) is 24.8 Å². The first-order valence-electron chi connectivity index (χ1n) is 9.85. The lowest BCUT2D eigenvalue weighted by molar-refractivity contribution is -0.137. The first kappa shape index (κ1) is 19.3. The molecule has 2 aromatic heterocycles. The third-order valence-corrected chi connectivity index (χ3v) is 5.56. The van der Waals surface area contributed by atoms with Crippen LogP contribution in [0.1, 0.15) is 12.0 Å². The molecule has 1 atom stereocenters. The molecule has 0 spiro atoms. The smallest absolute Gasteiger partial charge is 0.366 e. The Kier molecular flexibility index (Phi) is 4.53. The number of aromatic nitrogens is 2. The maximum absolute atomic E-state index is 13.1. The molecule has 0 aliphatic carbocycles. The number of carbonyl (C=O) groups is 1. The van der Waals surface area contributed by atoms with E-state index in [1.54, 1.807) is 41.4 Å². The minimum Gasteiger partial charge on any atom is -0.366 e. The van der Waals surface area contributed by atoms with Crippen molar-refractivity contribution in [2.24, 2.45) is 0 Å². The quantitative estimate of drug-likeness (QED) is 0.641. The highest BCUT2D eigenvalue weighted by atomic mass is 19.4. The SMILES string of the molecule is O=C(Nc1ccccn1)N1c2nc(-c3cccc(C(F)(F)F)c3)ccc2N2CC[C@@H]1C2. The third-order valence-electron chi connectivity index (χ3n) is 5.56. The van der Waals surface area contributed by atoms with Gasteiger partial charge in [-0.3, -0.25) is 10.2 Å². The van der Waals surface area contributed by atoms with Crippen LogP contribution in [0.5, 0.6) is 0 Å². The van der Waals surface area contributed by atoms with Crippen molar-refractivity contribution in [3.63, 3.8) is 0 Å². The fourth-order valence-corrected chi connectivity index (χ4v) is 4.09. The summed E-state index contributed by atoms with van der Waals surface area (Å²) in [4.78, 5) is 25.6. The van der Waals surface area contributed by atoms with Crippen LogP contribution in [0.15, 0.2) is 60.8 Å². The van der Waals surface area contributed by atoms with Crippen LogP contribution >= 0.6 is 0 Å². The van der Waals surface area contributed by atoms with Crippen molar-refractivity contribution < 1.29 is 18.0 Å². The molecule has 1 aromatic carbocycles. The normalized spacial score (nSPS) is 17.5. The van der Waals surface area contributed by atoms with Gasteiger partial charge in [-0.05, 0) is 42.8 Å². The molecule has 158 valence electrons. The number of hydrogen-bond donors (Lipinski definition) is 1. The molecule has 3 aromatic rings. The highest BCUT2D eigenvalue weighted by molar-refractivity contribution is 6.04. The Labute approximate surface area is 176 Å². The van der Waals surface area contributed by atoms with Gasteiger partial charge < -0.3 is 4.90 Å². The zero-order valence-electron chi connectivity index (χ0n) is 16.3. The van der Waals surface area contributed by atoms with E-state index in [0.717, 1.165) is 30.8 Å². The maximum atomic E-state index is 13.1. The van der Waals surface area contributed by atoms with Gasteiger partial charge in [-0.2, -0.15) is 13.2 Å². The molecule has 31 heavy (non-hydrogen) atoms. The topological polar surface area (TPSA) is 61.4 Å². The number of pyridine rings is 2. The Morgan fingerprint density at radius 1 is 1.10 bits per heavy atom. The molecule has 1 fully saturated rings. The van der Waals surface area contributed by atoms with Gasteiger partial charge in [0.1, 0.15) is 5.82 Å². The molecule has 0 unspecified atom stereocenters. The van der Waals surface area contributed by atoms with Crippen LogP contribution in [0.25, 0.3) is 11.3 Å². The lowest BCUT2D eigenvalue weighted by Crippen LogP contribution is -2.48. The molecule has 0 radical (unpaired) electrons. The summed E-state index contributed by atoms with van der Waals surface area (Å²) >= 11 is 0. The number of alkyl halides is 3. The van der Waals surface area contributed by atoms with E-state index in [1.165, 1.54) is 6.07 Å². The van der Waals surface area contributed by atoms with Gasteiger partial charge in [-0.15, -0.1) is 0 Å². The number of benzene rings is 1. The molecule has 0 saturated carbocycles. The second-order valence-corrected chi connectivity index (χ2v) is 7.52. The lowest BCUT2D eigenvalue weighted by Gasteiger charge is -2.35. The van der Waals surface area contributed by atoms with Gasteiger partial charge in [0.15, 0.2) is 5.82 Å².